The number of fused-ring (bicyclic) bond motifs is 1. The van der Waals surface area contributed by atoms with Gasteiger partial charge in [0.25, 0.3) is 5.56 Å². The molecular weight excluding hydrogens is 537 g/mol. The lowest BCUT2D eigenvalue weighted by molar-refractivity contribution is 0.566. The van der Waals surface area contributed by atoms with E-state index in [4.69, 9.17) is 11.6 Å². The van der Waals surface area contributed by atoms with Crippen molar-refractivity contribution in [2.45, 2.75) is 39.7 Å². The second-order valence-electron chi connectivity index (χ2n) is 10.3. The van der Waals surface area contributed by atoms with Crippen molar-refractivity contribution in [1.82, 2.24) is 19.9 Å². The molecule has 210 valence electrons. The number of nitrogens with one attached hydrogen (secondary N) is 2. The molecule has 0 saturated heterocycles. The lowest BCUT2D eigenvalue weighted by Crippen LogP contribution is -2.22. The largest absolute Gasteiger partial charge is 0.324 e. The summed E-state index contributed by atoms with van der Waals surface area (Å²) in [5.74, 6) is 0.0939. The summed E-state index contributed by atoms with van der Waals surface area (Å²) >= 11 is 6.73. The molecule has 8 heteroatoms. The molecule has 1 atom stereocenters. The van der Waals surface area contributed by atoms with Crippen molar-refractivity contribution in [1.29, 1.82) is 0 Å². The Labute approximate surface area is 244 Å². The minimum atomic E-state index is -0.278. The van der Waals surface area contributed by atoms with Crippen molar-refractivity contribution in [3.8, 4) is 22.3 Å². The van der Waals surface area contributed by atoms with E-state index in [0.717, 1.165) is 29.7 Å². The Morgan fingerprint density at radius 3 is 2.54 bits per heavy atom. The monoisotopic (exact) mass is 569 g/mol. The molecule has 0 radical (unpaired) electrons. The van der Waals surface area contributed by atoms with E-state index < -0.39 is 0 Å². The molecule has 6 nitrogen and oxygen atoms in total. The Kier molecular flexibility index (Phi) is 8.47. The SMILES string of the molecule is CCn1c(=O)c(-c2ccc(-c3cccc(C)c3)cc2Cl)cc2cnc(Nc3ccc(C(C)CCNC)c(F)c3)nc21. The van der Waals surface area contributed by atoms with Gasteiger partial charge in [0.05, 0.1) is 0 Å². The number of hydrogen-bond donors (Lipinski definition) is 2. The van der Waals surface area contributed by atoms with Crippen LogP contribution in [0.15, 0.2) is 77.7 Å². The van der Waals surface area contributed by atoms with Crippen LogP contribution in [-0.4, -0.2) is 28.1 Å². The van der Waals surface area contributed by atoms with E-state index in [9.17, 15) is 9.18 Å². The third-order valence-corrected chi connectivity index (χ3v) is 7.68. The van der Waals surface area contributed by atoms with E-state index >= 15 is 0 Å². The molecule has 0 aliphatic carbocycles. The van der Waals surface area contributed by atoms with Gasteiger partial charge in [0.1, 0.15) is 11.5 Å². The van der Waals surface area contributed by atoms with Crippen LogP contribution in [0.5, 0.6) is 0 Å². The lowest BCUT2D eigenvalue weighted by atomic mass is 9.97. The molecule has 0 aliphatic rings. The van der Waals surface area contributed by atoms with Crippen LogP contribution in [0.4, 0.5) is 16.0 Å². The van der Waals surface area contributed by atoms with Gasteiger partial charge in [0.15, 0.2) is 0 Å². The second-order valence-corrected chi connectivity index (χ2v) is 10.7. The van der Waals surface area contributed by atoms with Crippen LogP contribution in [-0.2, 0) is 6.54 Å². The van der Waals surface area contributed by atoms with Gasteiger partial charge in [-0.15, -0.1) is 0 Å². The molecule has 2 heterocycles. The summed E-state index contributed by atoms with van der Waals surface area (Å²) in [6.07, 6.45) is 2.51. The number of rotatable bonds is 9. The second kappa shape index (κ2) is 12.2. The minimum absolute atomic E-state index is 0.0915. The maximum atomic E-state index is 14.9. The number of hydrogen-bond acceptors (Lipinski definition) is 5. The summed E-state index contributed by atoms with van der Waals surface area (Å²) in [6, 6.07) is 20.8. The average Bonchev–Trinajstić information content (AvgIpc) is 2.96. The molecule has 0 amide bonds. The Bertz CT molecular complexity index is 1780. The van der Waals surface area contributed by atoms with Crippen LogP contribution < -0.4 is 16.2 Å². The van der Waals surface area contributed by atoms with Gasteiger partial charge in [-0.1, -0.05) is 66.6 Å². The number of halogens is 2. The molecule has 5 rings (SSSR count). The fourth-order valence-corrected chi connectivity index (χ4v) is 5.38. The van der Waals surface area contributed by atoms with Crippen LogP contribution in [0.1, 0.15) is 37.3 Å². The first-order chi connectivity index (χ1) is 19.8. The van der Waals surface area contributed by atoms with Crippen LogP contribution in [0.2, 0.25) is 5.02 Å². The van der Waals surface area contributed by atoms with E-state index in [1.807, 2.05) is 70.3 Å². The van der Waals surface area contributed by atoms with Crippen molar-refractivity contribution in [3.05, 3.63) is 105 Å². The molecule has 3 aromatic carbocycles. The van der Waals surface area contributed by atoms with Gasteiger partial charge >= 0.3 is 0 Å². The van der Waals surface area contributed by atoms with Gasteiger partial charge in [-0.2, -0.15) is 4.98 Å². The maximum Gasteiger partial charge on any atom is 0.260 e. The van der Waals surface area contributed by atoms with E-state index in [0.29, 0.717) is 45.0 Å². The Balaban J connectivity index is 1.47. The van der Waals surface area contributed by atoms with Crippen molar-refractivity contribution in [3.63, 3.8) is 0 Å². The maximum absolute atomic E-state index is 14.9. The Hall–Kier alpha value is -4.07. The number of nitrogens with zero attached hydrogens (tertiary/aromatic N) is 3. The Morgan fingerprint density at radius 2 is 1.83 bits per heavy atom. The molecule has 2 aromatic heterocycles. The number of aryl methyl sites for hydroxylation is 2. The van der Waals surface area contributed by atoms with E-state index in [2.05, 4.69) is 26.7 Å². The number of anilines is 2. The van der Waals surface area contributed by atoms with E-state index in [-0.39, 0.29) is 23.2 Å². The average molecular weight is 570 g/mol. The van der Waals surface area contributed by atoms with Crippen molar-refractivity contribution in [2.75, 3.05) is 18.9 Å². The van der Waals surface area contributed by atoms with Crippen LogP contribution >= 0.6 is 11.6 Å². The standard InChI is InChI=1S/C33H33ClFN5O/c1-5-40-31-24(19-37-33(39-31)38-25-10-12-26(30(35)18-25)21(3)13-14-36-4)16-28(32(40)41)27-11-9-23(17-29(27)34)22-8-6-7-20(2)15-22/h6-12,15-19,21,36H,5,13-14H2,1-4H3,(H,37,38,39). The van der Waals surface area contributed by atoms with Gasteiger partial charge in [0, 0.05) is 40.0 Å². The fourth-order valence-electron chi connectivity index (χ4n) is 5.09. The molecule has 0 spiro atoms. The zero-order valence-electron chi connectivity index (χ0n) is 23.6. The quantitative estimate of drug-likeness (QED) is 0.190. The molecule has 2 N–H and O–H groups in total. The van der Waals surface area contributed by atoms with Gasteiger partial charge in [0.2, 0.25) is 5.95 Å². The molecule has 41 heavy (non-hydrogen) atoms. The first kappa shape index (κ1) is 28.5. The highest BCUT2D eigenvalue weighted by Gasteiger charge is 2.16. The highest BCUT2D eigenvalue weighted by atomic mass is 35.5. The summed E-state index contributed by atoms with van der Waals surface area (Å²) in [4.78, 5) is 22.7. The molecule has 0 bridgehead atoms. The minimum Gasteiger partial charge on any atom is -0.324 e. The van der Waals surface area contributed by atoms with Gasteiger partial charge in [-0.25, -0.2) is 9.37 Å². The topological polar surface area (TPSA) is 71.8 Å². The van der Waals surface area contributed by atoms with Gasteiger partial charge in [-0.05, 0) is 80.7 Å². The summed E-state index contributed by atoms with van der Waals surface area (Å²) in [7, 11) is 1.89. The van der Waals surface area contributed by atoms with Crippen LogP contribution in [0.25, 0.3) is 33.3 Å². The normalized spacial score (nSPS) is 12.0. The molecule has 0 saturated carbocycles. The number of aromatic nitrogens is 3. The van der Waals surface area contributed by atoms with E-state index in [1.165, 1.54) is 6.07 Å². The van der Waals surface area contributed by atoms with Crippen molar-refractivity contribution < 1.29 is 4.39 Å². The number of benzene rings is 3. The summed E-state index contributed by atoms with van der Waals surface area (Å²) in [6.45, 7) is 7.18. The fraction of sp³-hybridized carbons (Fsp3) is 0.242. The van der Waals surface area contributed by atoms with Gasteiger partial charge in [-0.3, -0.25) is 9.36 Å². The van der Waals surface area contributed by atoms with Crippen LogP contribution in [0.3, 0.4) is 0 Å². The van der Waals surface area contributed by atoms with Crippen molar-refractivity contribution in [2.24, 2.45) is 0 Å². The summed E-state index contributed by atoms with van der Waals surface area (Å²) in [5.41, 5.74) is 5.84. The highest BCUT2D eigenvalue weighted by molar-refractivity contribution is 6.33. The third kappa shape index (κ3) is 6.01. The first-order valence-electron chi connectivity index (χ1n) is 13.8. The summed E-state index contributed by atoms with van der Waals surface area (Å²) in [5, 5.41) is 7.38. The first-order valence-corrected chi connectivity index (χ1v) is 14.2. The molecule has 5 aromatic rings. The lowest BCUT2D eigenvalue weighted by Gasteiger charge is -2.15. The molecule has 0 aliphatic heterocycles. The smallest absolute Gasteiger partial charge is 0.260 e. The van der Waals surface area contributed by atoms with Gasteiger partial charge < -0.3 is 10.6 Å². The van der Waals surface area contributed by atoms with Crippen molar-refractivity contribution >= 4 is 34.3 Å². The zero-order valence-corrected chi connectivity index (χ0v) is 24.4. The zero-order chi connectivity index (χ0) is 29.1. The third-order valence-electron chi connectivity index (χ3n) is 7.37. The predicted octanol–water partition coefficient (Wildman–Crippen LogP) is 7.70. The number of pyridine rings is 1. The summed E-state index contributed by atoms with van der Waals surface area (Å²) < 4.78 is 16.5. The molecular formula is C33H33ClFN5O. The Morgan fingerprint density at radius 1 is 1.02 bits per heavy atom. The molecule has 0 fully saturated rings. The highest BCUT2D eigenvalue weighted by Crippen LogP contribution is 2.32. The predicted molar refractivity (Wildman–Crippen MR) is 167 cm³/mol. The molecule has 1 unspecified atom stereocenters. The van der Waals surface area contributed by atoms with Crippen LogP contribution in [0, 0.1) is 12.7 Å². The van der Waals surface area contributed by atoms with E-state index in [1.54, 1.807) is 22.9 Å².